The molecule has 0 N–H and O–H groups in total. The van der Waals surface area contributed by atoms with Crippen LogP contribution in [0.4, 0.5) is 0 Å². The van der Waals surface area contributed by atoms with Crippen molar-refractivity contribution in [1.29, 1.82) is 0 Å². The van der Waals surface area contributed by atoms with Crippen molar-refractivity contribution in [1.82, 2.24) is 4.98 Å². The first-order chi connectivity index (χ1) is 7.16. The Morgan fingerprint density at radius 1 is 1.53 bits per heavy atom. The van der Waals surface area contributed by atoms with Crippen LogP contribution in [0.25, 0.3) is 0 Å². The van der Waals surface area contributed by atoms with Crippen LogP contribution in [0.15, 0.2) is 5.38 Å². The Labute approximate surface area is 92.5 Å². The topological polar surface area (TPSA) is 47.0 Å². The summed E-state index contributed by atoms with van der Waals surface area (Å²) in [6, 6.07) is 0. The summed E-state index contributed by atoms with van der Waals surface area (Å²) in [5, 5.41) is 2.60. The van der Waals surface area contributed by atoms with E-state index in [1.54, 1.807) is 5.38 Å². The maximum Gasteiger partial charge on any atom is 0.189 e. The number of carbonyl (C=O) groups excluding carboxylic acids is 2. The molecule has 2 rings (SSSR count). The van der Waals surface area contributed by atoms with Crippen LogP contribution in [0.2, 0.25) is 0 Å². The van der Waals surface area contributed by atoms with Gasteiger partial charge < -0.3 is 0 Å². The lowest BCUT2D eigenvalue weighted by Gasteiger charge is -2.23. The van der Waals surface area contributed by atoms with Crippen LogP contribution < -0.4 is 0 Å². The average Bonchev–Trinajstić information content (AvgIpc) is 2.48. The summed E-state index contributed by atoms with van der Waals surface area (Å²) in [4.78, 5) is 27.3. The van der Waals surface area contributed by atoms with Crippen LogP contribution in [0.1, 0.15) is 41.2 Å². The summed E-state index contributed by atoms with van der Waals surface area (Å²) in [5.41, 5.74) is 0.449. The van der Waals surface area contributed by atoms with Crippen molar-refractivity contribution >= 4 is 22.9 Å². The highest BCUT2D eigenvalue weighted by atomic mass is 32.1. The van der Waals surface area contributed by atoms with Crippen molar-refractivity contribution in [3.63, 3.8) is 0 Å². The highest BCUT2D eigenvalue weighted by Crippen LogP contribution is 2.28. The second kappa shape index (κ2) is 4.23. The first-order valence-electron chi connectivity index (χ1n) is 5.15. The molecule has 15 heavy (non-hydrogen) atoms. The van der Waals surface area contributed by atoms with Gasteiger partial charge in [0.05, 0.1) is 11.4 Å². The predicted molar refractivity (Wildman–Crippen MR) is 58.1 cm³/mol. The van der Waals surface area contributed by atoms with Gasteiger partial charge in [0.1, 0.15) is 11.5 Å². The molecule has 3 nitrogen and oxygen atoms in total. The molecule has 0 radical (unpaired) electrons. The zero-order valence-electron chi connectivity index (χ0n) is 8.66. The minimum atomic E-state index is -0.128. The largest absolute Gasteiger partial charge is 0.299 e. The van der Waals surface area contributed by atoms with Crippen molar-refractivity contribution in [3.8, 4) is 0 Å². The molecule has 1 saturated carbocycles. The quantitative estimate of drug-likeness (QED) is 0.581. The summed E-state index contributed by atoms with van der Waals surface area (Å²) in [6.07, 6.45) is 3.08. The Kier molecular flexibility index (Phi) is 2.95. The van der Waals surface area contributed by atoms with E-state index in [1.165, 1.54) is 11.3 Å². The van der Waals surface area contributed by atoms with E-state index in [0.717, 1.165) is 24.3 Å². The Hall–Kier alpha value is -1.03. The molecule has 1 aliphatic rings. The van der Waals surface area contributed by atoms with Crippen LogP contribution in [-0.4, -0.2) is 16.6 Å². The number of Topliss-reactive ketones (excluding diaryl/α,β-unsaturated/α-hetero) is 2. The molecule has 0 spiro atoms. The number of thiazole rings is 1. The minimum absolute atomic E-state index is 0.0356. The van der Waals surface area contributed by atoms with E-state index < -0.39 is 0 Å². The summed E-state index contributed by atoms with van der Waals surface area (Å²) < 4.78 is 0. The Morgan fingerprint density at radius 3 is 2.73 bits per heavy atom. The van der Waals surface area contributed by atoms with Crippen molar-refractivity contribution in [2.45, 2.75) is 32.6 Å². The van der Waals surface area contributed by atoms with Gasteiger partial charge in [0.2, 0.25) is 0 Å². The molecule has 1 aromatic rings. The van der Waals surface area contributed by atoms with E-state index in [9.17, 15) is 9.59 Å². The third-order valence-electron chi connectivity index (χ3n) is 2.80. The van der Waals surface area contributed by atoms with E-state index in [2.05, 4.69) is 4.98 Å². The number of aryl methyl sites for hydroxylation is 1. The van der Waals surface area contributed by atoms with E-state index in [-0.39, 0.29) is 23.9 Å². The molecule has 1 aromatic heterocycles. The molecule has 0 bridgehead atoms. The molecular formula is C11H13NO2S. The van der Waals surface area contributed by atoms with Gasteiger partial charge in [-0.05, 0) is 19.8 Å². The van der Waals surface area contributed by atoms with Gasteiger partial charge in [0.15, 0.2) is 5.78 Å². The SMILES string of the molecule is Cc1nc(C(=O)CC(=O)C2CCC2)cs1. The molecule has 0 saturated heterocycles. The molecule has 1 fully saturated rings. The Balaban J connectivity index is 1.94. The number of rotatable bonds is 4. The van der Waals surface area contributed by atoms with Crippen LogP contribution in [0, 0.1) is 12.8 Å². The number of aromatic nitrogens is 1. The molecule has 80 valence electrons. The fourth-order valence-corrected chi connectivity index (χ4v) is 2.23. The monoisotopic (exact) mass is 223 g/mol. The van der Waals surface area contributed by atoms with Gasteiger partial charge in [-0.3, -0.25) is 9.59 Å². The number of hydrogen-bond acceptors (Lipinski definition) is 4. The fraction of sp³-hybridized carbons (Fsp3) is 0.545. The van der Waals surface area contributed by atoms with Gasteiger partial charge in [-0.2, -0.15) is 0 Å². The number of carbonyl (C=O) groups is 2. The second-order valence-corrected chi connectivity index (χ2v) is 5.01. The third-order valence-corrected chi connectivity index (χ3v) is 3.57. The van der Waals surface area contributed by atoms with Gasteiger partial charge in [0.25, 0.3) is 0 Å². The number of hydrogen-bond donors (Lipinski definition) is 0. The maximum absolute atomic E-state index is 11.6. The molecule has 1 heterocycles. The van der Waals surface area contributed by atoms with E-state index in [1.807, 2.05) is 6.92 Å². The smallest absolute Gasteiger partial charge is 0.189 e. The van der Waals surface area contributed by atoms with Gasteiger partial charge in [0, 0.05) is 11.3 Å². The van der Waals surface area contributed by atoms with Crippen molar-refractivity contribution in [2.75, 3.05) is 0 Å². The highest BCUT2D eigenvalue weighted by molar-refractivity contribution is 7.09. The molecule has 0 aliphatic heterocycles. The Bertz CT molecular complexity index is 393. The van der Waals surface area contributed by atoms with Crippen LogP contribution in [-0.2, 0) is 4.79 Å². The van der Waals surface area contributed by atoms with E-state index in [4.69, 9.17) is 0 Å². The second-order valence-electron chi connectivity index (χ2n) is 3.95. The first-order valence-corrected chi connectivity index (χ1v) is 6.03. The molecular weight excluding hydrogens is 210 g/mol. The Morgan fingerprint density at radius 2 is 2.27 bits per heavy atom. The zero-order valence-corrected chi connectivity index (χ0v) is 9.47. The normalized spacial score (nSPS) is 16.1. The zero-order chi connectivity index (χ0) is 10.8. The predicted octanol–water partition coefficient (Wildman–Crippen LogP) is 2.39. The molecule has 1 aliphatic carbocycles. The van der Waals surface area contributed by atoms with Crippen LogP contribution in [0.3, 0.4) is 0 Å². The summed E-state index contributed by atoms with van der Waals surface area (Å²) in [5.74, 6) is 0.113. The maximum atomic E-state index is 11.6. The van der Waals surface area contributed by atoms with Gasteiger partial charge in [-0.25, -0.2) is 4.98 Å². The van der Waals surface area contributed by atoms with Crippen LogP contribution >= 0.6 is 11.3 Å². The van der Waals surface area contributed by atoms with Gasteiger partial charge in [-0.1, -0.05) is 6.42 Å². The lowest BCUT2D eigenvalue weighted by atomic mass is 9.80. The van der Waals surface area contributed by atoms with Crippen LogP contribution in [0.5, 0.6) is 0 Å². The number of ketones is 2. The van der Waals surface area contributed by atoms with Crippen molar-refractivity contribution < 1.29 is 9.59 Å². The number of nitrogens with zero attached hydrogens (tertiary/aromatic N) is 1. The third kappa shape index (κ3) is 2.31. The van der Waals surface area contributed by atoms with Crippen molar-refractivity contribution in [3.05, 3.63) is 16.1 Å². The molecule has 0 amide bonds. The van der Waals surface area contributed by atoms with Gasteiger partial charge >= 0.3 is 0 Å². The standard InChI is InChI=1S/C11H13NO2S/c1-7-12-9(6-15-7)11(14)5-10(13)8-3-2-4-8/h6,8H,2-5H2,1H3. The lowest BCUT2D eigenvalue weighted by molar-refractivity contribution is -0.124. The molecule has 0 aromatic carbocycles. The minimum Gasteiger partial charge on any atom is -0.299 e. The van der Waals surface area contributed by atoms with Gasteiger partial charge in [-0.15, -0.1) is 11.3 Å². The summed E-state index contributed by atoms with van der Waals surface area (Å²) in [6.45, 7) is 1.86. The fourth-order valence-electron chi connectivity index (χ4n) is 1.61. The molecule has 0 atom stereocenters. The van der Waals surface area contributed by atoms with Crippen molar-refractivity contribution in [2.24, 2.45) is 5.92 Å². The average molecular weight is 223 g/mol. The highest BCUT2D eigenvalue weighted by Gasteiger charge is 2.27. The summed E-state index contributed by atoms with van der Waals surface area (Å²) in [7, 11) is 0. The van der Waals surface area contributed by atoms with E-state index in [0.29, 0.717) is 5.69 Å². The lowest BCUT2D eigenvalue weighted by Crippen LogP contribution is -2.24. The summed E-state index contributed by atoms with van der Waals surface area (Å²) >= 11 is 1.44. The first kappa shape index (κ1) is 10.5. The molecule has 0 unspecified atom stereocenters. The van der Waals surface area contributed by atoms with E-state index >= 15 is 0 Å². The molecule has 4 heteroatoms.